The Bertz CT molecular complexity index is 1300. The third-order valence-electron chi connectivity index (χ3n) is 5.20. The van der Waals surface area contributed by atoms with E-state index in [9.17, 15) is 34.9 Å². The molecule has 1 saturated heterocycles. The lowest BCUT2D eigenvalue weighted by Gasteiger charge is -2.24. The summed E-state index contributed by atoms with van der Waals surface area (Å²) in [6.07, 6.45) is 1.40. The predicted octanol–water partition coefficient (Wildman–Crippen LogP) is 3.72. The summed E-state index contributed by atoms with van der Waals surface area (Å²) in [5.41, 5.74) is -0.484. The molecule has 11 nitrogen and oxygen atoms in total. The van der Waals surface area contributed by atoms with Crippen molar-refractivity contribution in [3.05, 3.63) is 110 Å². The van der Waals surface area contributed by atoms with Crippen molar-refractivity contribution in [3.63, 3.8) is 0 Å². The molecule has 1 aliphatic heterocycles. The van der Waals surface area contributed by atoms with Crippen LogP contribution in [-0.2, 0) is 16.1 Å². The van der Waals surface area contributed by atoms with Crippen molar-refractivity contribution >= 4 is 28.8 Å². The van der Waals surface area contributed by atoms with Gasteiger partial charge in [0.15, 0.2) is 0 Å². The molecule has 166 valence electrons. The summed E-state index contributed by atoms with van der Waals surface area (Å²) in [6.45, 7) is -0.106. The fraction of sp³-hybridized carbons (Fsp3) is 0.0909. The minimum Gasteiger partial charge on any atom is -0.507 e. The third-order valence-corrected chi connectivity index (χ3v) is 5.20. The van der Waals surface area contributed by atoms with E-state index < -0.39 is 33.3 Å². The number of carbonyl (C=O) groups is 2. The second-order valence-corrected chi connectivity index (χ2v) is 7.16. The monoisotopic (exact) mass is 449 g/mol. The number of furan rings is 1. The number of benzene rings is 2. The lowest BCUT2D eigenvalue weighted by atomic mass is 9.95. The average molecular weight is 449 g/mol. The number of nitro benzene ring substituents is 2. The van der Waals surface area contributed by atoms with Crippen molar-refractivity contribution in [1.29, 1.82) is 0 Å². The number of nitrogens with zero attached hydrogens (tertiary/aromatic N) is 3. The third kappa shape index (κ3) is 3.94. The summed E-state index contributed by atoms with van der Waals surface area (Å²) < 4.78 is 5.29. The molecule has 1 unspecified atom stereocenters. The standard InChI is InChI=1S/C22H15N3O8/c26-20(14-3-1-4-16(11-14)25(31)32)18-19(13-6-8-15(9-7-13)24(29)30)23(22(28)21(18)27)12-17-5-2-10-33-17/h1-11,19,26H,12H2/b20-18-. The van der Waals surface area contributed by atoms with Crippen LogP contribution in [0.25, 0.3) is 5.76 Å². The van der Waals surface area contributed by atoms with E-state index in [1.54, 1.807) is 12.1 Å². The minimum absolute atomic E-state index is 0.0212. The zero-order valence-corrected chi connectivity index (χ0v) is 16.8. The molecule has 0 aliphatic carbocycles. The number of amides is 1. The van der Waals surface area contributed by atoms with E-state index in [0.717, 1.165) is 6.07 Å². The molecule has 1 aromatic heterocycles. The number of rotatable bonds is 6. The maximum atomic E-state index is 13.0. The number of likely N-dealkylation sites (tertiary alicyclic amines) is 1. The zero-order valence-electron chi connectivity index (χ0n) is 16.8. The number of aliphatic hydroxyl groups is 1. The first kappa shape index (κ1) is 21.4. The highest BCUT2D eigenvalue weighted by Crippen LogP contribution is 2.41. The van der Waals surface area contributed by atoms with Gasteiger partial charge in [0.25, 0.3) is 23.1 Å². The van der Waals surface area contributed by atoms with Crippen LogP contribution in [0.4, 0.5) is 11.4 Å². The molecule has 4 rings (SSSR count). The molecule has 0 bridgehead atoms. The fourth-order valence-electron chi connectivity index (χ4n) is 3.66. The molecular formula is C22H15N3O8. The van der Waals surface area contributed by atoms with Gasteiger partial charge in [-0.2, -0.15) is 0 Å². The second kappa shape index (κ2) is 8.38. The molecule has 1 fully saturated rings. The van der Waals surface area contributed by atoms with Gasteiger partial charge < -0.3 is 14.4 Å². The summed E-state index contributed by atoms with van der Waals surface area (Å²) in [5.74, 6) is -2.13. The number of ketones is 1. The number of hydrogen-bond donors (Lipinski definition) is 1. The van der Waals surface area contributed by atoms with Gasteiger partial charge in [0.2, 0.25) is 0 Å². The maximum absolute atomic E-state index is 13.0. The molecule has 3 aromatic rings. The maximum Gasteiger partial charge on any atom is 0.296 e. The van der Waals surface area contributed by atoms with Crippen molar-refractivity contribution in [2.24, 2.45) is 0 Å². The van der Waals surface area contributed by atoms with Crippen LogP contribution in [0.1, 0.15) is 22.9 Å². The second-order valence-electron chi connectivity index (χ2n) is 7.16. The van der Waals surface area contributed by atoms with E-state index in [1.807, 2.05) is 0 Å². The number of aliphatic hydroxyl groups excluding tert-OH is 1. The molecule has 0 radical (unpaired) electrons. The van der Waals surface area contributed by atoms with Crippen molar-refractivity contribution < 1.29 is 29.0 Å². The van der Waals surface area contributed by atoms with Gasteiger partial charge in [-0.15, -0.1) is 0 Å². The van der Waals surface area contributed by atoms with Crippen molar-refractivity contribution in [1.82, 2.24) is 4.90 Å². The van der Waals surface area contributed by atoms with Gasteiger partial charge in [-0.3, -0.25) is 29.8 Å². The summed E-state index contributed by atoms with van der Waals surface area (Å²) in [5, 5.41) is 33.1. The van der Waals surface area contributed by atoms with E-state index >= 15 is 0 Å². The molecule has 1 amide bonds. The Balaban J connectivity index is 1.87. The summed E-state index contributed by atoms with van der Waals surface area (Å²) >= 11 is 0. The van der Waals surface area contributed by atoms with E-state index in [4.69, 9.17) is 4.42 Å². The summed E-state index contributed by atoms with van der Waals surface area (Å²) in [6, 6.07) is 12.3. The predicted molar refractivity (Wildman–Crippen MR) is 113 cm³/mol. The van der Waals surface area contributed by atoms with Crippen LogP contribution in [0.15, 0.2) is 76.9 Å². The molecule has 2 aromatic carbocycles. The number of non-ortho nitro benzene ring substituents is 2. The average Bonchev–Trinajstić information content (AvgIpc) is 3.41. The molecule has 33 heavy (non-hydrogen) atoms. The van der Waals surface area contributed by atoms with Crippen LogP contribution < -0.4 is 0 Å². The van der Waals surface area contributed by atoms with Crippen LogP contribution in [0.2, 0.25) is 0 Å². The van der Waals surface area contributed by atoms with Crippen LogP contribution in [0.3, 0.4) is 0 Å². The number of hydrogen-bond acceptors (Lipinski definition) is 8. The first-order chi connectivity index (χ1) is 15.8. The lowest BCUT2D eigenvalue weighted by Crippen LogP contribution is -2.29. The Morgan fingerprint density at radius 1 is 0.970 bits per heavy atom. The Hall–Kier alpha value is -4.80. The molecule has 0 saturated carbocycles. The minimum atomic E-state index is -1.10. The Kier molecular flexibility index (Phi) is 5.44. The number of Topliss-reactive ketones (excluding diaryl/α,β-unsaturated/α-hetero) is 1. The zero-order chi connectivity index (χ0) is 23.7. The van der Waals surface area contributed by atoms with E-state index in [-0.39, 0.29) is 29.1 Å². The topological polar surface area (TPSA) is 157 Å². The molecule has 1 atom stereocenters. The SMILES string of the molecule is O=C1C(=O)N(Cc2ccco2)C(c2ccc([N+](=O)[O-])cc2)/C1=C(/O)c1cccc([N+](=O)[O-])c1. The highest BCUT2D eigenvalue weighted by Gasteiger charge is 2.46. The first-order valence-electron chi connectivity index (χ1n) is 9.58. The van der Waals surface area contributed by atoms with Crippen LogP contribution >= 0.6 is 0 Å². The fourth-order valence-corrected chi connectivity index (χ4v) is 3.66. The number of carbonyl (C=O) groups excluding carboxylic acids is 2. The van der Waals surface area contributed by atoms with Gasteiger partial charge in [0.1, 0.15) is 11.5 Å². The quantitative estimate of drug-likeness (QED) is 0.196. The highest BCUT2D eigenvalue weighted by atomic mass is 16.6. The van der Waals surface area contributed by atoms with Gasteiger partial charge >= 0.3 is 0 Å². The normalized spacial score (nSPS) is 17.3. The molecule has 0 spiro atoms. The van der Waals surface area contributed by atoms with Crippen LogP contribution in [0, 0.1) is 20.2 Å². The van der Waals surface area contributed by atoms with E-state index in [0.29, 0.717) is 11.3 Å². The van der Waals surface area contributed by atoms with Crippen molar-refractivity contribution in [3.8, 4) is 0 Å². The van der Waals surface area contributed by atoms with Crippen LogP contribution in [-0.4, -0.2) is 31.5 Å². The highest BCUT2D eigenvalue weighted by molar-refractivity contribution is 6.46. The van der Waals surface area contributed by atoms with Crippen LogP contribution in [0.5, 0.6) is 0 Å². The molecular weight excluding hydrogens is 434 g/mol. The number of nitro groups is 2. The van der Waals surface area contributed by atoms with Gasteiger partial charge in [-0.05, 0) is 29.8 Å². The molecule has 1 aliphatic rings. The van der Waals surface area contributed by atoms with Gasteiger partial charge in [-0.25, -0.2) is 0 Å². The molecule has 1 N–H and O–H groups in total. The first-order valence-corrected chi connectivity index (χ1v) is 9.58. The van der Waals surface area contributed by atoms with E-state index in [2.05, 4.69) is 0 Å². The Morgan fingerprint density at radius 2 is 1.67 bits per heavy atom. The largest absolute Gasteiger partial charge is 0.507 e. The van der Waals surface area contributed by atoms with Crippen molar-refractivity contribution in [2.45, 2.75) is 12.6 Å². The molecule has 2 heterocycles. The van der Waals surface area contributed by atoms with Crippen molar-refractivity contribution in [2.75, 3.05) is 0 Å². The van der Waals surface area contributed by atoms with Gasteiger partial charge in [0, 0.05) is 29.8 Å². The lowest BCUT2D eigenvalue weighted by molar-refractivity contribution is -0.385. The van der Waals surface area contributed by atoms with Gasteiger partial charge in [-0.1, -0.05) is 12.1 Å². The smallest absolute Gasteiger partial charge is 0.296 e. The summed E-state index contributed by atoms with van der Waals surface area (Å²) in [4.78, 5) is 47.9. The van der Waals surface area contributed by atoms with E-state index in [1.165, 1.54) is 53.6 Å². The Morgan fingerprint density at radius 3 is 2.27 bits per heavy atom. The van der Waals surface area contributed by atoms with Gasteiger partial charge in [0.05, 0.1) is 34.3 Å². The Labute approximate surface area is 185 Å². The molecule has 11 heteroatoms. The summed E-state index contributed by atoms with van der Waals surface area (Å²) in [7, 11) is 0.